The molecular weight excluding hydrogens is 161 g/mol. The van der Waals surface area contributed by atoms with E-state index in [4.69, 9.17) is 5.73 Å². The van der Waals surface area contributed by atoms with Gasteiger partial charge in [0.05, 0.1) is 12.4 Å². The van der Waals surface area contributed by atoms with Gasteiger partial charge in [-0.25, -0.2) is 14.4 Å². The fourth-order valence-electron chi connectivity index (χ4n) is 0.703. The molecule has 0 aromatic carbocycles. The molecule has 0 saturated carbocycles. The maximum atomic E-state index is 12.3. The van der Waals surface area contributed by atoms with Gasteiger partial charge in [0.25, 0.3) is 0 Å². The Hall–Kier alpha value is -1.52. The smallest absolute Gasteiger partial charge is 0.217 e. The Balaban J connectivity index is 2.53. The normalized spacial score (nSPS) is 9.75. The molecule has 0 aliphatic carbocycles. The summed E-state index contributed by atoms with van der Waals surface area (Å²) in [5.41, 5.74) is 4.90. The van der Waals surface area contributed by atoms with Crippen molar-refractivity contribution in [2.75, 3.05) is 0 Å². The largest absolute Gasteiger partial charge is 0.370 e. The maximum absolute atomic E-state index is 12.3. The zero-order chi connectivity index (χ0) is 8.97. The highest BCUT2D eigenvalue weighted by Gasteiger charge is 1.99. The van der Waals surface area contributed by atoms with Gasteiger partial charge >= 0.3 is 0 Å². The van der Waals surface area contributed by atoms with Crippen molar-refractivity contribution >= 4 is 5.91 Å². The number of aromatic nitrogens is 2. The molecule has 0 fully saturated rings. The first-order chi connectivity index (χ1) is 5.68. The summed E-state index contributed by atoms with van der Waals surface area (Å²) in [6.07, 6.45) is 2.66. The third-order valence-corrected chi connectivity index (χ3v) is 1.27. The van der Waals surface area contributed by atoms with Gasteiger partial charge in [-0.1, -0.05) is 0 Å². The number of halogens is 1. The van der Waals surface area contributed by atoms with Crippen LogP contribution in [0.2, 0.25) is 0 Å². The topological polar surface area (TPSA) is 68.9 Å². The number of carbonyl (C=O) groups is 1. The predicted molar refractivity (Wildman–Crippen MR) is 39.5 cm³/mol. The minimum atomic E-state index is -0.488. The van der Waals surface area contributed by atoms with Crippen molar-refractivity contribution in [3.8, 4) is 0 Å². The van der Waals surface area contributed by atoms with Crippen molar-refractivity contribution in [1.82, 2.24) is 9.97 Å². The van der Waals surface area contributed by atoms with Crippen molar-refractivity contribution in [2.45, 2.75) is 12.8 Å². The van der Waals surface area contributed by atoms with Crippen molar-refractivity contribution in [2.24, 2.45) is 5.73 Å². The molecule has 64 valence electrons. The molecule has 1 rings (SSSR count). The molecule has 0 spiro atoms. The standard InChI is InChI=1S/C7H8FN3O/c8-5-3-10-7(11-4-5)2-1-6(9)12/h3-4H,1-2H2,(H2,9,12). The quantitative estimate of drug-likeness (QED) is 0.694. The molecule has 12 heavy (non-hydrogen) atoms. The summed E-state index contributed by atoms with van der Waals surface area (Å²) >= 11 is 0. The number of hydrogen-bond acceptors (Lipinski definition) is 3. The molecule has 0 unspecified atom stereocenters. The van der Waals surface area contributed by atoms with Crippen LogP contribution in [0.15, 0.2) is 12.4 Å². The average Bonchev–Trinajstić information content (AvgIpc) is 2.03. The number of nitrogens with two attached hydrogens (primary N) is 1. The van der Waals surface area contributed by atoms with Crippen molar-refractivity contribution in [1.29, 1.82) is 0 Å². The molecule has 4 nitrogen and oxygen atoms in total. The lowest BCUT2D eigenvalue weighted by atomic mass is 10.3. The fourth-order valence-corrected chi connectivity index (χ4v) is 0.703. The Morgan fingerprint density at radius 2 is 2.08 bits per heavy atom. The maximum Gasteiger partial charge on any atom is 0.217 e. The Kier molecular flexibility index (Phi) is 2.68. The molecule has 1 heterocycles. The molecule has 0 radical (unpaired) electrons. The van der Waals surface area contributed by atoms with Crippen LogP contribution in [0.3, 0.4) is 0 Å². The Bertz CT molecular complexity index is 272. The van der Waals surface area contributed by atoms with Crippen LogP contribution in [0.25, 0.3) is 0 Å². The second-order valence-corrected chi connectivity index (χ2v) is 2.28. The number of hydrogen-bond donors (Lipinski definition) is 1. The molecular formula is C7H8FN3O. The van der Waals surface area contributed by atoms with E-state index in [-0.39, 0.29) is 6.42 Å². The zero-order valence-electron chi connectivity index (χ0n) is 6.33. The summed E-state index contributed by atoms with van der Waals surface area (Å²) in [6.45, 7) is 0. The van der Waals surface area contributed by atoms with E-state index < -0.39 is 11.7 Å². The van der Waals surface area contributed by atoms with Crippen LogP contribution >= 0.6 is 0 Å². The van der Waals surface area contributed by atoms with Gasteiger partial charge in [0, 0.05) is 12.8 Å². The number of amides is 1. The minimum Gasteiger partial charge on any atom is -0.370 e. The summed E-state index contributed by atoms with van der Waals surface area (Å²) in [5, 5.41) is 0. The highest BCUT2D eigenvalue weighted by molar-refractivity contribution is 5.73. The van der Waals surface area contributed by atoms with Crippen LogP contribution in [-0.2, 0) is 11.2 Å². The van der Waals surface area contributed by atoms with E-state index in [0.717, 1.165) is 12.4 Å². The second-order valence-electron chi connectivity index (χ2n) is 2.28. The van der Waals surface area contributed by atoms with Gasteiger partial charge in [0.1, 0.15) is 5.82 Å². The third kappa shape index (κ3) is 2.61. The number of carbonyl (C=O) groups excluding carboxylic acids is 1. The molecule has 1 amide bonds. The fraction of sp³-hybridized carbons (Fsp3) is 0.286. The summed E-state index contributed by atoms with van der Waals surface area (Å²) < 4.78 is 12.3. The first-order valence-corrected chi connectivity index (χ1v) is 3.43. The molecule has 0 aliphatic heterocycles. The molecule has 0 saturated heterocycles. The first kappa shape index (κ1) is 8.58. The van der Waals surface area contributed by atoms with Crippen molar-refractivity contribution in [3.05, 3.63) is 24.0 Å². The van der Waals surface area contributed by atoms with Crippen LogP contribution < -0.4 is 5.73 Å². The second kappa shape index (κ2) is 3.75. The molecule has 1 aromatic heterocycles. The van der Waals surface area contributed by atoms with Gasteiger partial charge in [-0.3, -0.25) is 4.79 Å². The minimum absolute atomic E-state index is 0.186. The number of rotatable bonds is 3. The first-order valence-electron chi connectivity index (χ1n) is 3.43. The van der Waals surface area contributed by atoms with E-state index in [2.05, 4.69) is 9.97 Å². The van der Waals surface area contributed by atoms with Crippen molar-refractivity contribution in [3.63, 3.8) is 0 Å². The van der Waals surface area contributed by atoms with E-state index in [1.54, 1.807) is 0 Å². The molecule has 0 atom stereocenters. The predicted octanol–water partition coefficient (Wildman–Crippen LogP) is 0.0336. The lowest BCUT2D eigenvalue weighted by molar-refractivity contribution is -0.118. The number of primary amides is 1. The highest BCUT2D eigenvalue weighted by Crippen LogP contribution is 1.96. The SMILES string of the molecule is NC(=O)CCc1ncc(F)cn1. The number of aryl methyl sites for hydroxylation is 1. The van der Waals surface area contributed by atoms with Gasteiger partial charge in [0.2, 0.25) is 5.91 Å². The Morgan fingerprint density at radius 1 is 1.50 bits per heavy atom. The van der Waals surface area contributed by atoms with Crippen LogP contribution in [0.5, 0.6) is 0 Å². The lowest BCUT2D eigenvalue weighted by Gasteiger charge is -1.95. The van der Waals surface area contributed by atoms with Crippen LogP contribution in [-0.4, -0.2) is 15.9 Å². The van der Waals surface area contributed by atoms with Crippen LogP contribution in [0.1, 0.15) is 12.2 Å². The summed E-state index contributed by atoms with van der Waals surface area (Å²) in [4.78, 5) is 17.6. The molecule has 2 N–H and O–H groups in total. The molecule has 1 aromatic rings. The van der Waals surface area contributed by atoms with Gasteiger partial charge in [-0.15, -0.1) is 0 Å². The van der Waals surface area contributed by atoms with Crippen LogP contribution in [0.4, 0.5) is 4.39 Å². The van der Waals surface area contributed by atoms with Crippen molar-refractivity contribution < 1.29 is 9.18 Å². The average molecular weight is 169 g/mol. The third-order valence-electron chi connectivity index (χ3n) is 1.27. The van der Waals surface area contributed by atoms with E-state index in [1.807, 2.05) is 0 Å². The molecule has 0 bridgehead atoms. The van der Waals surface area contributed by atoms with Gasteiger partial charge in [-0.2, -0.15) is 0 Å². The molecule has 5 heteroatoms. The highest BCUT2D eigenvalue weighted by atomic mass is 19.1. The van der Waals surface area contributed by atoms with Gasteiger partial charge in [-0.05, 0) is 0 Å². The summed E-state index contributed by atoms with van der Waals surface area (Å²) in [7, 11) is 0. The van der Waals surface area contributed by atoms with Gasteiger partial charge in [0.15, 0.2) is 5.82 Å². The van der Waals surface area contributed by atoms with E-state index in [1.165, 1.54) is 0 Å². The summed E-state index contributed by atoms with van der Waals surface area (Å²) in [5.74, 6) is -0.476. The van der Waals surface area contributed by atoms with E-state index in [9.17, 15) is 9.18 Å². The lowest BCUT2D eigenvalue weighted by Crippen LogP contribution is -2.12. The summed E-state index contributed by atoms with van der Waals surface area (Å²) in [6, 6.07) is 0. The van der Waals surface area contributed by atoms with Gasteiger partial charge < -0.3 is 5.73 Å². The van der Waals surface area contributed by atoms with E-state index >= 15 is 0 Å². The van der Waals surface area contributed by atoms with E-state index in [0.29, 0.717) is 12.2 Å². The van der Waals surface area contributed by atoms with Crippen LogP contribution in [0, 0.1) is 5.82 Å². The number of nitrogens with zero attached hydrogens (tertiary/aromatic N) is 2. The zero-order valence-corrected chi connectivity index (χ0v) is 6.33. The Labute approximate surface area is 68.6 Å². The Morgan fingerprint density at radius 3 is 2.58 bits per heavy atom. The molecule has 0 aliphatic rings. The monoisotopic (exact) mass is 169 g/mol.